The van der Waals surface area contributed by atoms with Gasteiger partial charge in [-0.25, -0.2) is 9.78 Å². The molecule has 2 aromatic rings. The van der Waals surface area contributed by atoms with Crippen LogP contribution in [-0.4, -0.2) is 29.2 Å². The van der Waals surface area contributed by atoms with Crippen molar-refractivity contribution >= 4 is 6.09 Å². The predicted molar refractivity (Wildman–Crippen MR) is 109 cm³/mol. The van der Waals surface area contributed by atoms with Crippen LogP contribution in [0.15, 0.2) is 50.9 Å². The first kappa shape index (κ1) is 19.8. The van der Waals surface area contributed by atoms with E-state index < -0.39 is 6.09 Å². The molecule has 2 aromatic heterocycles. The van der Waals surface area contributed by atoms with E-state index >= 15 is 0 Å². The molecule has 1 aliphatic carbocycles. The van der Waals surface area contributed by atoms with Crippen LogP contribution in [0.3, 0.4) is 0 Å². The van der Waals surface area contributed by atoms with E-state index in [1.807, 2.05) is 18.2 Å². The van der Waals surface area contributed by atoms with E-state index in [0.29, 0.717) is 17.5 Å². The summed E-state index contributed by atoms with van der Waals surface area (Å²) in [6.45, 7) is 0.126. The van der Waals surface area contributed by atoms with Gasteiger partial charge in [-0.2, -0.15) is 10.2 Å². The lowest BCUT2D eigenvalue weighted by atomic mass is 9.85. The lowest BCUT2D eigenvalue weighted by Gasteiger charge is -2.20. The zero-order chi connectivity index (χ0) is 20.8. The number of terminal acetylenes is 1. The van der Waals surface area contributed by atoms with Crippen molar-refractivity contribution in [1.29, 1.82) is 0 Å². The van der Waals surface area contributed by atoms with Crippen LogP contribution in [0.25, 0.3) is 11.5 Å². The van der Waals surface area contributed by atoms with Gasteiger partial charge >= 0.3 is 6.09 Å². The highest BCUT2D eigenvalue weighted by molar-refractivity contribution is 5.67. The van der Waals surface area contributed by atoms with Crippen LogP contribution < -0.4 is 5.32 Å². The van der Waals surface area contributed by atoms with Gasteiger partial charge in [-0.15, -0.1) is 6.42 Å². The van der Waals surface area contributed by atoms with Crippen LogP contribution in [0.4, 0.5) is 4.79 Å². The van der Waals surface area contributed by atoms with E-state index in [9.17, 15) is 4.79 Å². The fourth-order valence-corrected chi connectivity index (χ4v) is 3.77. The summed E-state index contributed by atoms with van der Waals surface area (Å²) < 4.78 is 11.0. The Balaban J connectivity index is 1.54. The lowest BCUT2D eigenvalue weighted by Crippen LogP contribution is -2.26. The molecule has 2 aliphatic rings. The fraction of sp³-hybridized carbons (Fsp3) is 0.409. The number of azo groups is 1. The fourth-order valence-electron chi connectivity index (χ4n) is 3.77. The van der Waals surface area contributed by atoms with E-state index in [4.69, 9.17) is 20.6 Å². The number of rotatable bonds is 6. The molecule has 30 heavy (non-hydrogen) atoms. The Morgan fingerprint density at radius 2 is 2.20 bits per heavy atom. The van der Waals surface area contributed by atoms with E-state index in [2.05, 4.69) is 26.4 Å². The minimum atomic E-state index is -0.589. The molecule has 3 heterocycles. The number of amides is 1. The minimum absolute atomic E-state index is 0.0744. The average Bonchev–Trinajstić information content (AvgIpc) is 3.45. The van der Waals surface area contributed by atoms with Crippen molar-refractivity contribution in [2.45, 2.75) is 44.1 Å². The van der Waals surface area contributed by atoms with Crippen molar-refractivity contribution in [1.82, 2.24) is 15.3 Å². The Labute approximate surface area is 174 Å². The van der Waals surface area contributed by atoms with Crippen LogP contribution in [0.5, 0.6) is 0 Å². The Kier molecular flexibility index (Phi) is 6.18. The number of hydrogen-bond donors (Lipinski definition) is 1. The number of nitrogens with one attached hydrogen (secondary N) is 1. The van der Waals surface area contributed by atoms with Gasteiger partial charge < -0.3 is 14.5 Å². The van der Waals surface area contributed by atoms with Gasteiger partial charge in [0, 0.05) is 18.3 Å². The van der Waals surface area contributed by atoms with E-state index in [1.165, 1.54) is 19.3 Å². The van der Waals surface area contributed by atoms with Crippen LogP contribution in [0, 0.1) is 12.3 Å². The standard InChI is InChI=1S/C22H23N5O3/c1-2-11-29-22(28)24-14-17-12-18(27-26-17)20-19(15-7-4-3-5-8-15)25-21(30-20)16-9-6-10-23-13-16/h1,6,9-10,12-13,15,18H,3-5,7-8,11,14H2,(H,24,28). The summed E-state index contributed by atoms with van der Waals surface area (Å²) in [5.74, 6) is 3.86. The summed E-state index contributed by atoms with van der Waals surface area (Å²) in [6.07, 6.45) is 15.6. The van der Waals surface area contributed by atoms with Crippen molar-refractivity contribution in [2.75, 3.05) is 13.2 Å². The van der Waals surface area contributed by atoms with E-state index in [1.54, 1.807) is 12.4 Å². The van der Waals surface area contributed by atoms with Crippen molar-refractivity contribution < 1.29 is 13.9 Å². The van der Waals surface area contributed by atoms with Gasteiger partial charge in [0.1, 0.15) is 0 Å². The van der Waals surface area contributed by atoms with Crippen LogP contribution >= 0.6 is 0 Å². The number of nitrogens with zero attached hydrogens (tertiary/aromatic N) is 4. The van der Waals surface area contributed by atoms with Gasteiger partial charge in [-0.1, -0.05) is 25.2 Å². The molecule has 1 atom stereocenters. The summed E-state index contributed by atoms with van der Waals surface area (Å²) in [6, 6.07) is 3.42. The number of carbonyl (C=O) groups excluding carboxylic acids is 1. The normalized spacial score (nSPS) is 18.6. The highest BCUT2D eigenvalue weighted by atomic mass is 16.5. The Bertz CT molecular complexity index is 984. The molecule has 1 aliphatic heterocycles. The molecule has 4 rings (SSSR count). The molecule has 8 heteroatoms. The van der Waals surface area contributed by atoms with E-state index in [-0.39, 0.29) is 19.2 Å². The largest absolute Gasteiger partial charge is 0.438 e. The van der Waals surface area contributed by atoms with Gasteiger partial charge in [0.25, 0.3) is 0 Å². The number of oxazole rings is 1. The average molecular weight is 405 g/mol. The Hall–Kier alpha value is -3.47. The minimum Gasteiger partial charge on any atom is -0.438 e. The summed E-state index contributed by atoms with van der Waals surface area (Å²) in [5.41, 5.74) is 2.42. The molecule has 154 valence electrons. The highest BCUT2D eigenvalue weighted by Crippen LogP contribution is 2.40. The lowest BCUT2D eigenvalue weighted by molar-refractivity contribution is 0.161. The van der Waals surface area contributed by atoms with Crippen molar-refractivity contribution in [3.63, 3.8) is 0 Å². The molecule has 1 N–H and O–H groups in total. The number of aromatic nitrogens is 2. The molecule has 1 amide bonds. The smallest absolute Gasteiger partial charge is 0.408 e. The molecular formula is C22H23N5O3. The van der Waals surface area contributed by atoms with Gasteiger partial charge in [0.05, 0.1) is 23.5 Å². The molecule has 1 fully saturated rings. The van der Waals surface area contributed by atoms with Gasteiger partial charge in [-0.05, 0) is 31.1 Å². The zero-order valence-electron chi connectivity index (χ0n) is 16.6. The molecule has 0 aromatic carbocycles. The quantitative estimate of drug-likeness (QED) is 0.711. The van der Waals surface area contributed by atoms with Gasteiger partial charge in [-0.3, -0.25) is 4.98 Å². The first-order chi connectivity index (χ1) is 14.7. The zero-order valence-corrected chi connectivity index (χ0v) is 16.6. The molecule has 1 unspecified atom stereocenters. The van der Waals surface area contributed by atoms with Crippen LogP contribution in [0.1, 0.15) is 55.5 Å². The van der Waals surface area contributed by atoms with Gasteiger partial charge in [0.2, 0.25) is 5.89 Å². The Morgan fingerprint density at radius 3 is 2.97 bits per heavy atom. The SMILES string of the molecule is C#CCOC(=O)NCC1=CC(c2oc(-c3cccnc3)nc2C2CCCCC2)N=N1. The van der Waals surface area contributed by atoms with Crippen molar-refractivity contribution in [3.8, 4) is 23.8 Å². The predicted octanol–water partition coefficient (Wildman–Crippen LogP) is 4.53. The maximum absolute atomic E-state index is 11.6. The molecule has 0 bridgehead atoms. The highest BCUT2D eigenvalue weighted by Gasteiger charge is 2.30. The maximum Gasteiger partial charge on any atom is 0.408 e. The second-order valence-corrected chi connectivity index (χ2v) is 7.30. The second-order valence-electron chi connectivity index (χ2n) is 7.30. The molecule has 1 saturated carbocycles. The molecule has 8 nitrogen and oxygen atoms in total. The summed E-state index contributed by atoms with van der Waals surface area (Å²) >= 11 is 0. The number of carbonyl (C=O) groups is 1. The molecule has 0 saturated heterocycles. The van der Waals surface area contributed by atoms with E-state index in [0.717, 1.165) is 29.9 Å². The summed E-state index contributed by atoms with van der Waals surface area (Å²) in [7, 11) is 0. The van der Waals surface area contributed by atoms with Crippen LogP contribution in [0.2, 0.25) is 0 Å². The Morgan fingerprint density at radius 1 is 1.33 bits per heavy atom. The summed E-state index contributed by atoms with van der Waals surface area (Å²) in [4.78, 5) is 20.6. The number of hydrogen-bond acceptors (Lipinski definition) is 7. The van der Waals surface area contributed by atoms with Gasteiger partial charge in [0.15, 0.2) is 18.4 Å². The first-order valence-corrected chi connectivity index (χ1v) is 10.1. The third-order valence-electron chi connectivity index (χ3n) is 5.21. The van der Waals surface area contributed by atoms with Crippen LogP contribution in [-0.2, 0) is 4.74 Å². The number of alkyl carbamates (subject to hydrolysis) is 1. The van der Waals surface area contributed by atoms with Crippen molar-refractivity contribution in [2.24, 2.45) is 10.2 Å². The third-order valence-corrected chi connectivity index (χ3v) is 5.21. The molecule has 0 spiro atoms. The molecule has 0 radical (unpaired) electrons. The summed E-state index contributed by atoms with van der Waals surface area (Å²) in [5, 5.41) is 11.1. The topological polar surface area (TPSA) is 102 Å². The monoisotopic (exact) mass is 405 g/mol. The maximum atomic E-state index is 11.6. The number of ether oxygens (including phenoxy) is 1. The first-order valence-electron chi connectivity index (χ1n) is 10.1. The number of pyridine rings is 1. The third kappa shape index (κ3) is 4.57. The van der Waals surface area contributed by atoms with Crippen molar-refractivity contribution in [3.05, 3.63) is 47.8 Å². The second kappa shape index (κ2) is 9.35. The molecular weight excluding hydrogens is 382 g/mol.